The van der Waals surface area contributed by atoms with E-state index < -0.39 is 5.82 Å². The monoisotopic (exact) mass is 295 g/mol. The summed E-state index contributed by atoms with van der Waals surface area (Å²) in [7, 11) is 0. The molecule has 0 saturated heterocycles. The number of benzene rings is 1. The second-order valence-corrected chi connectivity index (χ2v) is 4.82. The minimum Gasteiger partial charge on any atom is -0.384 e. The summed E-state index contributed by atoms with van der Waals surface area (Å²) >= 11 is 5.62. The number of rotatable bonds is 5. The first kappa shape index (κ1) is 14.5. The van der Waals surface area contributed by atoms with Crippen LogP contribution in [0.1, 0.15) is 18.9 Å². The molecule has 0 amide bonds. The molecule has 0 radical (unpaired) electrons. The van der Waals surface area contributed by atoms with Gasteiger partial charge < -0.3 is 5.32 Å². The SMILES string of the molecule is CCCNc1cnn(Cc2ccc(Cl)c(F)c2)c(=O)c1. The molecule has 2 rings (SSSR count). The van der Waals surface area contributed by atoms with E-state index >= 15 is 0 Å². The van der Waals surface area contributed by atoms with Gasteiger partial charge in [-0.3, -0.25) is 4.79 Å². The molecule has 0 aliphatic rings. The fraction of sp³-hybridized carbons (Fsp3) is 0.286. The second-order valence-electron chi connectivity index (χ2n) is 4.42. The fourth-order valence-electron chi connectivity index (χ4n) is 1.73. The molecule has 1 heterocycles. The fourth-order valence-corrected chi connectivity index (χ4v) is 1.85. The Hall–Kier alpha value is -1.88. The van der Waals surface area contributed by atoms with Crippen molar-refractivity contribution in [3.63, 3.8) is 0 Å². The van der Waals surface area contributed by atoms with Gasteiger partial charge in [-0.2, -0.15) is 5.10 Å². The lowest BCUT2D eigenvalue weighted by Gasteiger charge is -2.08. The van der Waals surface area contributed by atoms with Crippen LogP contribution in [0.15, 0.2) is 35.3 Å². The topological polar surface area (TPSA) is 46.9 Å². The van der Waals surface area contributed by atoms with Gasteiger partial charge >= 0.3 is 0 Å². The Bertz CT molecular complexity index is 657. The summed E-state index contributed by atoms with van der Waals surface area (Å²) in [6, 6.07) is 5.92. The number of aromatic nitrogens is 2. The van der Waals surface area contributed by atoms with E-state index in [1.54, 1.807) is 12.3 Å². The van der Waals surface area contributed by atoms with Crippen molar-refractivity contribution in [3.05, 3.63) is 57.2 Å². The molecule has 1 aromatic heterocycles. The molecule has 1 aromatic carbocycles. The smallest absolute Gasteiger partial charge is 0.269 e. The maximum Gasteiger partial charge on any atom is 0.269 e. The Kier molecular flexibility index (Phi) is 4.74. The summed E-state index contributed by atoms with van der Waals surface area (Å²) in [5, 5.41) is 7.22. The van der Waals surface area contributed by atoms with E-state index in [1.807, 2.05) is 6.92 Å². The highest BCUT2D eigenvalue weighted by Crippen LogP contribution is 2.15. The van der Waals surface area contributed by atoms with Crippen LogP contribution in [-0.2, 0) is 6.54 Å². The van der Waals surface area contributed by atoms with Gasteiger partial charge in [0.05, 0.1) is 23.5 Å². The van der Waals surface area contributed by atoms with Crippen LogP contribution in [0.3, 0.4) is 0 Å². The van der Waals surface area contributed by atoms with Gasteiger partial charge in [0.1, 0.15) is 5.82 Å². The molecule has 0 saturated carbocycles. The highest BCUT2D eigenvalue weighted by molar-refractivity contribution is 6.30. The summed E-state index contributed by atoms with van der Waals surface area (Å²) in [5.41, 5.74) is 1.09. The van der Waals surface area contributed by atoms with Gasteiger partial charge in [0.2, 0.25) is 0 Å². The van der Waals surface area contributed by atoms with Gasteiger partial charge in [-0.05, 0) is 24.1 Å². The summed E-state index contributed by atoms with van der Waals surface area (Å²) < 4.78 is 14.6. The lowest BCUT2D eigenvalue weighted by Crippen LogP contribution is -2.23. The largest absolute Gasteiger partial charge is 0.384 e. The van der Waals surface area contributed by atoms with Crippen molar-refractivity contribution >= 4 is 17.3 Å². The third kappa shape index (κ3) is 3.57. The van der Waals surface area contributed by atoms with E-state index in [4.69, 9.17) is 11.6 Å². The van der Waals surface area contributed by atoms with Crippen molar-refractivity contribution in [1.82, 2.24) is 9.78 Å². The van der Waals surface area contributed by atoms with Crippen LogP contribution in [0.4, 0.5) is 10.1 Å². The molecule has 2 aromatic rings. The zero-order valence-corrected chi connectivity index (χ0v) is 11.8. The van der Waals surface area contributed by atoms with Crippen molar-refractivity contribution in [1.29, 1.82) is 0 Å². The molecule has 6 heteroatoms. The van der Waals surface area contributed by atoms with Crippen molar-refractivity contribution in [2.24, 2.45) is 0 Å². The molecule has 1 N–H and O–H groups in total. The van der Waals surface area contributed by atoms with Crippen molar-refractivity contribution in [3.8, 4) is 0 Å². The lowest BCUT2D eigenvalue weighted by molar-refractivity contribution is 0.611. The molecule has 4 nitrogen and oxygen atoms in total. The van der Waals surface area contributed by atoms with E-state index in [0.29, 0.717) is 11.3 Å². The van der Waals surface area contributed by atoms with Gasteiger partial charge in [-0.15, -0.1) is 0 Å². The van der Waals surface area contributed by atoms with Crippen molar-refractivity contribution < 1.29 is 4.39 Å². The Morgan fingerprint density at radius 2 is 2.20 bits per heavy atom. The van der Waals surface area contributed by atoms with Crippen LogP contribution in [0.5, 0.6) is 0 Å². The molecule has 20 heavy (non-hydrogen) atoms. The van der Waals surface area contributed by atoms with Gasteiger partial charge in [-0.1, -0.05) is 24.6 Å². The first-order valence-corrected chi connectivity index (χ1v) is 6.73. The van der Waals surface area contributed by atoms with Crippen LogP contribution >= 0.6 is 11.6 Å². The first-order chi connectivity index (χ1) is 9.60. The number of hydrogen-bond donors (Lipinski definition) is 1. The Balaban J connectivity index is 2.17. The van der Waals surface area contributed by atoms with Gasteiger partial charge in [0, 0.05) is 12.6 Å². The van der Waals surface area contributed by atoms with Crippen LogP contribution in [0.25, 0.3) is 0 Å². The lowest BCUT2D eigenvalue weighted by atomic mass is 10.2. The maximum absolute atomic E-state index is 13.3. The van der Waals surface area contributed by atoms with Crippen molar-refractivity contribution in [2.75, 3.05) is 11.9 Å². The Labute approximate surface area is 121 Å². The maximum atomic E-state index is 13.3. The van der Waals surface area contributed by atoms with E-state index in [1.165, 1.54) is 22.9 Å². The van der Waals surface area contributed by atoms with Gasteiger partial charge in [-0.25, -0.2) is 9.07 Å². The van der Waals surface area contributed by atoms with Crippen molar-refractivity contribution in [2.45, 2.75) is 19.9 Å². The molecular formula is C14H15ClFN3O. The van der Waals surface area contributed by atoms with Gasteiger partial charge in [0.25, 0.3) is 5.56 Å². The number of nitrogens with zero attached hydrogens (tertiary/aromatic N) is 2. The highest BCUT2D eigenvalue weighted by atomic mass is 35.5. The molecule has 0 fully saturated rings. The van der Waals surface area contributed by atoms with Crippen LogP contribution in [0.2, 0.25) is 5.02 Å². The molecule has 0 unspecified atom stereocenters. The van der Waals surface area contributed by atoms with E-state index in [0.717, 1.165) is 13.0 Å². The average Bonchev–Trinajstić information content (AvgIpc) is 2.43. The molecule has 0 atom stereocenters. The summed E-state index contributed by atoms with van der Waals surface area (Å²) in [4.78, 5) is 11.9. The number of anilines is 1. The molecule has 0 aliphatic carbocycles. The predicted octanol–water partition coefficient (Wildman–Crippen LogP) is 2.91. The van der Waals surface area contributed by atoms with Gasteiger partial charge in [0.15, 0.2) is 0 Å². The third-order valence-corrected chi connectivity index (χ3v) is 3.07. The Morgan fingerprint density at radius 3 is 2.85 bits per heavy atom. The molecule has 0 spiro atoms. The molecule has 0 bridgehead atoms. The van der Waals surface area contributed by atoms with E-state index in [2.05, 4.69) is 10.4 Å². The molecule has 0 aliphatic heterocycles. The quantitative estimate of drug-likeness (QED) is 0.922. The van der Waals surface area contributed by atoms with E-state index in [9.17, 15) is 9.18 Å². The minimum absolute atomic E-state index is 0.0631. The van der Waals surface area contributed by atoms with Crippen LogP contribution in [-0.4, -0.2) is 16.3 Å². The Morgan fingerprint density at radius 1 is 1.40 bits per heavy atom. The normalized spacial score (nSPS) is 10.6. The van der Waals surface area contributed by atoms with Crippen LogP contribution < -0.4 is 10.9 Å². The predicted molar refractivity (Wildman–Crippen MR) is 77.8 cm³/mol. The van der Waals surface area contributed by atoms with E-state index in [-0.39, 0.29) is 17.1 Å². The molecular weight excluding hydrogens is 281 g/mol. The third-order valence-electron chi connectivity index (χ3n) is 2.77. The number of halogens is 2. The highest BCUT2D eigenvalue weighted by Gasteiger charge is 2.04. The summed E-state index contributed by atoms with van der Waals surface area (Å²) in [6.45, 7) is 3.03. The zero-order chi connectivity index (χ0) is 14.5. The average molecular weight is 296 g/mol. The standard InChI is InChI=1S/C14H15ClFN3O/c1-2-5-17-11-7-14(20)19(18-8-11)9-10-3-4-12(15)13(16)6-10/h3-4,6-8,17H,2,5,9H2,1H3. The van der Waals surface area contributed by atoms with Crippen LogP contribution in [0, 0.1) is 5.82 Å². The first-order valence-electron chi connectivity index (χ1n) is 6.35. The molecule has 106 valence electrons. The number of nitrogens with one attached hydrogen (secondary N) is 1. The second kappa shape index (κ2) is 6.52. The summed E-state index contributed by atoms with van der Waals surface area (Å²) in [6.07, 6.45) is 2.55. The minimum atomic E-state index is -0.501. The summed E-state index contributed by atoms with van der Waals surface area (Å²) in [5.74, 6) is -0.501. The zero-order valence-electron chi connectivity index (χ0n) is 11.1. The number of hydrogen-bond acceptors (Lipinski definition) is 3.